The van der Waals surface area contributed by atoms with Crippen LogP contribution in [0, 0.1) is 11.8 Å². The molecule has 0 saturated heterocycles. The summed E-state index contributed by atoms with van der Waals surface area (Å²) in [6.07, 6.45) is 8.41. The fourth-order valence-corrected chi connectivity index (χ4v) is 3.36. The van der Waals surface area contributed by atoms with Crippen molar-refractivity contribution >= 4 is 11.9 Å². The second kappa shape index (κ2) is 6.00. The summed E-state index contributed by atoms with van der Waals surface area (Å²) < 4.78 is 6.98. The van der Waals surface area contributed by atoms with Crippen LogP contribution in [0.1, 0.15) is 39.2 Å². The number of fused-ring (bicyclic) bond motifs is 1. The van der Waals surface area contributed by atoms with Crippen LogP contribution < -0.4 is 10.6 Å². The number of rotatable bonds is 4. The van der Waals surface area contributed by atoms with Crippen LogP contribution in [-0.2, 0) is 18.3 Å². The van der Waals surface area contributed by atoms with E-state index in [-0.39, 0.29) is 0 Å². The topological polar surface area (TPSA) is 68.2 Å². The van der Waals surface area contributed by atoms with Crippen molar-refractivity contribution in [3.05, 3.63) is 23.9 Å². The fraction of sp³-hybridized carbons (Fsp3) is 0.647. The number of amides is 1. The molecule has 0 aromatic carbocycles. The molecule has 0 aliphatic heterocycles. The fourth-order valence-electron chi connectivity index (χ4n) is 3.36. The van der Waals surface area contributed by atoms with Crippen LogP contribution >= 0.6 is 0 Å². The maximum Gasteiger partial charge on any atom is 0.413 e. The lowest BCUT2D eigenvalue weighted by Gasteiger charge is -2.40. The van der Waals surface area contributed by atoms with E-state index in [0.717, 1.165) is 11.5 Å². The Hall–Kier alpha value is -1.82. The quantitative estimate of drug-likeness (QED) is 0.838. The minimum absolute atomic E-state index is 0.454. The van der Waals surface area contributed by atoms with Crippen LogP contribution in [-0.4, -0.2) is 27.5 Å². The van der Waals surface area contributed by atoms with Crippen molar-refractivity contribution in [2.45, 2.75) is 51.8 Å². The van der Waals surface area contributed by atoms with Gasteiger partial charge in [0.2, 0.25) is 0 Å². The van der Waals surface area contributed by atoms with Gasteiger partial charge in [-0.3, -0.25) is 10.00 Å². The number of ether oxygens (including phenoxy) is 1. The van der Waals surface area contributed by atoms with Crippen molar-refractivity contribution in [3.8, 4) is 0 Å². The van der Waals surface area contributed by atoms with E-state index >= 15 is 0 Å². The van der Waals surface area contributed by atoms with Crippen molar-refractivity contribution in [1.29, 1.82) is 0 Å². The van der Waals surface area contributed by atoms with Gasteiger partial charge in [0.25, 0.3) is 0 Å². The molecule has 6 heteroatoms. The Morgan fingerprint density at radius 1 is 1.48 bits per heavy atom. The summed E-state index contributed by atoms with van der Waals surface area (Å²) in [6.45, 7) is 6.24. The van der Waals surface area contributed by atoms with Gasteiger partial charge in [0.15, 0.2) is 0 Å². The second-order valence-corrected chi connectivity index (χ2v) is 7.49. The highest BCUT2D eigenvalue weighted by Crippen LogP contribution is 2.42. The molecule has 2 N–H and O–H groups in total. The van der Waals surface area contributed by atoms with Gasteiger partial charge in [-0.1, -0.05) is 12.2 Å². The largest absolute Gasteiger partial charge is 0.444 e. The lowest BCUT2D eigenvalue weighted by Crippen LogP contribution is -2.47. The van der Waals surface area contributed by atoms with Gasteiger partial charge in [-0.25, -0.2) is 4.79 Å². The maximum atomic E-state index is 12.0. The number of allylic oxidation sites excluding steroid dienone is 1. The smallest absolute Gasteiger partial charge is 0.413 e. The van der Waals surface area contributed by atoms with E-state index in [1.165, 1.54) is 12.8 Å². The first-order chi connectivity index (χ1) is 10.8. The van der Waals surface area contributed by atoms with Gasteiger partial charge in [-0.15, -0.1) is 0 Å². The van der Waals surface area contributed by atoms with Gasteiger partial charge in [-0.05, 0) is 45.4 Å². The first-order valence-electron chi connectivity index (χ1n) is 8.24. The first-order valence-corrected chi connectivity index (χ1v) is 8.24. The number of nitrogens with one attached hydrogen (secondary N) is 2. The summed E-state index contributed by atoms with van der Waals surface area (Å²) in [6, 6.07) is 0.535. The normalized spacial score (nSPS) is 25.8. The molecule has 3 unspecified atom stereocenters. The van der Waals surface area contributed by atoms with Crippen LogP contribution in [0.3, 0.4) is 0 Å². The standard InChI is InChI=1S/C17H26N4O2/c1-17(2,3)23-16(22)20-15-12(10-19-21(15)4)9-18-14-8-11-6-5-7-13(11)14/h5,7,10-11,13-14,18H,6,8-9H2,1-4H3,(H,20,22). The zero-order valence-electron chi connectivity index (χ0n) is 14.3. The molecule has 6 nitrogen and oxygen atoms in total. The van der Waals surface area contributed by atoms with Gasteiger partial charge in [-0.2, -0.15) is 5.10 Å². The van der Waals surface area contributed by atoms with Gasteiger partial charge in [0, 0.05) is 25.2 Å². The SMILES string of the molecule is Cn1ncc(CNC2CC3CC=CC32)c1NC(=O)OC(C)(C)C. The van der Waals surface area contributed by atoms with Crippen molar-refractivity contribution in [3.63, 3.8) is 0 Å². The van der Waals surface area contributed by atoms with Crippen LogP contribution in [0.25, 0.3) is 0 Å². The highest BCUT2D eigenvalue weighted by atomic mass is 16.6. The molecule has 3 rings (SSSR count). The van der Waals surface area contributed by atoms with Crippen molar-refractivity contribution < 1.29 is 9.53 Å². The van der Waals surface area contributed by atoms with E-state index in [9.17, 15) is 4.79 Å². The van der Waals surface area contributed by atoms with E-state index in [1.54, 1.807) is 10.9 Å². The zero-order chi connectivity index (χ0) is 16.6. The zero-order valence-corrected chi connectivity index (χ0v) is 14.3. The summed E-state index contributed by atoms with van der Waals surface area (Å²) in [5.41, 5.74) is 0.459. The molecule has 1 heterocycles. The summed E-state index contributed by atoms with van der Waals surface area (Å²) in [4.78, 5) is 12.0. The summed E-state index contributed by atoms with van der Waals surface area (Å²) in [5.74, 6) is 2.19. The van der Waals surface area contributed by atoms with Crippen molar-refractivity contribution in [2.24, 2.45) is 18.9 Å². The first kappa shape index (κ1) is 16.1. The Labute approximate surface area is 137 Å². The Bertz CT molecular complexity index is 615. The molecule has 126 valence electrons. The Kier molecular flexibility index (Phi) is 4.19. The second-order valence-electron chi connectivity index (χ2n) is 7.49. The molecule has 2 aliphatic rings. The lowest BCUT2D eigenvalue weighted by atomic mass is 9.71. The van der Waals surface area contributed by atoms with Gasteiger partial charge >= 0.3 is 6.09 Å². The summed E-state index contributed by atoms with van der Waals surface area (Å²) in [5, 5.41) is 10.6. The van der Waals surface area contributed by atoms with Crippen LogP contribution in [0.2, 0.25) is 0 Å². The van der Waals surface area contributed by atoms with Crippen LogP contribution in [0.4, 0.5) is 10.6 Å². The highest BCUT2D eigenvalue weighted by Gasteiger charge is 2.40. The molecule has 23 heavy (non-hydrogen) atoms. The predicted molar refractivity (Wildman–Crippen MR) is 89.0 cm³/mol. The average Bonchev–Trinajstić information content (AvgIpc) is 2.94. The molecule has 1 saturated carbocycles. The number of aryl methyl sites for hydroxylation is 1. The molecular weight excluding hydrogens is 292 g/mol. The van der Waals surface area contributed by atoms with Gasteiger partial charge in [0.1, 0.15) is 11.4 Å². The monoisotopic (exact) mass is 318 g/mol. The molecule has 0 spiro atoms. The van der Waals surface area contributed by atoms with Crippen LogP contribution in [0.15, 0.2) is 18.3 Å². The molecule has 3 atom stereocenters. The van der Waals surface area contributed by atoms with Crippen molar-refractivity contribution in [2.75, 3.05) is 5.32 Å². The van der Waals surface area contributed by atoms with Gasteiger partial charge in [0.05, 0.1) is 6.20 Å². The minimum Gasteiger partial charge on any atom is -0.444 e. The van der Waals surface area contributed by atoms with E-state index in [1.807, 2.05) is 27.8 Å². The Balaban J connectivity index is 1.58. The maximum absolute atomic E-state index is 12.0. The predicted octanol–water partition coefficient (Wildman–Crippen LogP) is 2.82. The minimum atomic E-state index is -0.517. The Morgan fingerprint density at radius 2 is 2.26 bits per heavy atom. The molecule has 0 bridgehead atoms. The number of carbonyl (C=O) groups excluding carboxylic acids is 1. The molecule has 1 amide bonds. The molecule has 2 aliphatic carbocycles. The average molecular weight is 318 g/mol. The molecular formula is C17H26N4O2. The molecule has 1 fully saturated rings. The lowest BCUT2D eigenvalue weighted by molar-refractivity contribution is 0.0634. The summed E-state index contributed by atoms with van der Waals surface area (Å²) >= 11 is 0. The number of hydrogen-bond donors (Lipinski definition) is 2. The van der Waals surface area contributed by atoms with Crippen molar-refractivity contribution in [1.82, 2.24) is 15.1 Å². The van der Waals surface area contributed by atoms with E-state index < -0.39 is 11.7 Å². The third kappa shape index (κ3) is 3.58. The van der Waals surface area contributed by atoms with E-state index in [4.69, 9.17) is 4.74 Å². The number of anilines is 1. The molecule has 0 radical (unpaired) electrons. The molecule has 1 aromatic rings. The number of hydrogen-bond acceptors (Lipinski definition) is 4. The van der Waals surface area contributed by atoms with Crippen LogP contribution in [0.5, 0.6) is 0 Å². The van der Waals surface area contributed by atoms with E-state index in [0.29, 0.717) is 24.3 Å². The third-order valence-electron chi connectivity index (χ3n) is 4.55. The molecule has 1 aromatic heterocycles. The van der Waals surface area contributed by atoms with Gasteiger partial charge < -0.3 is 10.1 Å². The number of nitrogens with zero attached hydrogens (tertiary/aromatic N) is 2. The Morgan fingerprint density at radius 3 is 2.96 bits per heavy atom. The summed E-state index contributed by atoms with van der Waals surface area (Å²) in [7, 11) is 1.81. The third-order valence-corrected chi connectivity index (χ3v) is 4.55. The van der Waals surface area contributed by atoms with E-state index in [2.05, 4.69) is 27.9 Å². The number of aromatic nitrogens is 2. The number of carbonyl (C=O) groups is 1. The highest BCUT2D eigenvalue weighted by molar-refractivity contribution is 5.84.